The molecule has 0 saturated heterocycles. The second kappa shape index (κ2) is 9.01. The molecule has 114 valence electrons. The summed E-state index contributed by atoms with van der Waals surface area (Å²) in [5, 5.41) is 3.06. The van der Waals surface area contributed by atoms with Crippen LogP contribution < -0.4 is 5.32 Å². The summed E-state index contributed by atoms with van der Waals surface area (Å²) in [6, 6.07) is 1.51. The first-order valence-electron chi connectivity index (χ1n) is 7.35. The molecule has 0 aliphatic heterocycles. The van der Waals surface area contributed by atoms with Crippen LogP contribution in [-0.2, 0) is 6.54 Å². The van der Waals surface area contributed by atoms with Crippen LogP contribution in [-0.4, -0.2) is 6.54 Å². The summed E-state index contributed by atoms with van der Waals surface area (Å²) in [6.45, 7) is 5.44. The Labute approximate surface area is 119 Å². The lowest BCUT2D eigenvalue weighted by atomic mass is 10.0. The van der Waals surface area contributed by atoms with Crippen LogP contribution in [0.25, 0.3) is 0 Å². The Morgan fingerprint density at radius 2 is 1.55 bits per heavy atom. The summed E-state index contributed by atoms with van der Waals surface area (Å²) in [5.41, 5.74) is 0.170. The Morgan fingerprint density at radius 1 is 0.900 bits per heavy atom. The number of halogens is 3. The third-order valence-corrected chi connectivity index (χ3v) is 3.29. The Hall–Kier alpha value is -1.03. The van der Waals surface area contributed by atoms with Gasteiger partial charge in [-0.3, -0.25) is 0 Å². The molecule has 0 heterocycles. The molecule has 1 rings (SSSR count). The third-order valence-electron chi connectivity index (χ3n) is 3.29. The van der Waals surface area contributed by atoms with E-state index in [2.05, 4.69) is 19.2 Å². The minimum atomic E-state index is -1.14. The van der Waals surface area contributed by atoms with Crippen molar-refractivity contribution in [3.63, 3.8) is 0 Å². The predicted octanol–water partition coefficient (Wildman–Crippen LogP) is 4.80. The molecule has 0 aliphatic carbocycles. The van der Waals surface area contributed by atoms with Crippen LogP contribution in [0.1, 0.15) is 51.5 Å². The number of benzene rings is 1. The van der Waals surface area contributed by atoms with E-state index in [1.807, 2.05) is 0 Å². The molecule has 1 nitrogen and oxygen atoms in total. The highest BCUT2D eigenvalue weighted by molar-refractivity contribution is 5.19. The first-order chi connectivity index (χ1) is 9.50. The predicted molar refractivity (Wildman–Crippen MR) is 75.9 cm³/mol. The highest BCUT2D eigenvalue weighted by atomic mass is 19.2. The first kappa shape index (κ1) is 17.0. The highest BCUT2D eigenvalue weighted by Crippen LogP contribution is 2.13. The summed E-state index contributed by atoms with van der Waals surface area (Å²) in [6.07, 6.45) is 5.87. The monoisotopic (exact) mass is 287 g/mol. The van der Waals surface area contributed by atoms with E-state index in [4.69, 9.17) is 0 Å². The fourth-order valence-electron chi connectivity index (χ4n) is 2.08. The molecule has 0 aromatic heterocycles. The van der Waals surface area contributed by atoms with E-state index in [-0.39, 0.29) is 12.1 Å². The van der Waals surface area contributed by atoms with E-state index < -0.39 is 17.5 Å². The summed E-state index contributed by atoms with van der Waals surface area (Å²) in [5.74, 6) is -2.09. The molecule has 20 heavy (non-hydrogen) atoms. The Kier molecular flexibility index (Phi) is 7.67. The molecule has 0 spiro atoms. The van der Waals surface area contributed by atoms with Gasteiger partial charge in [-0.15, -0.1) is 0 Å². The van der Waals surface area contributed by atoms with Crippen LogP contribution in [0.15, 0.2) is 12.1 Å². The zero-order valence-corrected chi connectivity index (χ0v) is 12.3. The largest absolute Gasteiger partial charge is 0.313 e. The molecule has 0 fully saturated rings. The van der Waals surface area contributed by atoms with Crippen molar-refractivity contribution in [1.29, 1.82) is 0 Å². The molecule has 0 saturated carbocycles. The Balaban J connectivity index is 2.14. The molecule has 1 aromatic carbocycles. The van der Waals surface area contributed by atoms with Gasteiger partial charge in [-0.25, -0.2) is 13.2 Å². The van der Waals surface area contributed by atoms with Crippen molar-refractivity contribution in [1.82, 2.24) is 5.32 Å². The lowest BCUT2D eigenvalue weighted by molar-refractivity contribution is 0.484. The molecule has 0 atom stereocenters. The van der Waals surface area contributed by atoms with E-state index in [1.54, 1.807) is 0 Å². The van der Waals surface area contributed by atoms with Crippen LogP contribution in [0, 0.1) is 23.4 Å². The van der Waals surface area contributed by atoms with Gasteiger partial charge in [-0.1, -0.05) is 39.5 Å². The van der Waals surface area contributed by atoms with Gasteiger partial charge in [-0.05, 0) is 24.9 Å². The zero-order valence-electron chi connectivity index (χ0n) is 12.3. The van der Waals surface area contributed by atoms with Crippen LogP contribution in [0.4, 0.5) is 13.2 Å². The lowest BCUT2D eigenvalue weighted by Crippen LogP contribution is -2.16. The Morgan fingerprint density at radius 3 is 2.25 bits per heavy atom. The van der Waals surface area contributed by atoms with Gasteiger partial charge in [0.25, 0.3) is 0 Å². The molecular weight excluding hydrogens is 263 g/mol. The van der Waals surface area contributed by atoms with E-state index in [9.17, 15) is 13.2 Å². The molecule has 4 heteroatoms. The van der Waals surface area contributed by atoms with Crippen molar-refractivity contribution in [2.24, 2.45) is 5.92 Å². The maximum absolute atomic E-state index is 13.3. The van der Waals surface area contributed by atoms with E-state index >= 15 is 0 Å². The van der Waals surface area contributed by atoms with Gasteiger partial charge in [0.2, 0.25) is 0 Å². The molecular formula is C16H24F3N. The minimum Gasteiger partial charge on any atom is -0.313 e. The Bertz CT molecular complexity index is 405. The van der Waals surface area contributed by atoms with Gasteiger partial charge < -0.3 is 5.32 Å². The van der Waals surface area contributed by atoms with Crippen molar-refractivity contribution < 1.29 is 13.2 Å². The smallest absolute Gasteiger partial charge is 0.161 e. The van der Waals surface area contributed by atoms with Crippen molar-refractivity contribution in [2.45, 2.75) is 52.5 Å². The normalized spacial score (nSPS) is 11.3. The van der Waals surface area contributed by atoms with Crippen molar-refractivity contribution >= 4 is 0 Å². The second-order valence-electron chi connectivity index (χ2n) is 5.63. The van der Waals surface area contributed by atoms with Crippen LogP contribution >= 0.6 is 0 Å². The van der Waals surface area contributed by atoms with Crippen molar-refractivity contribution in [3.8, 4) is 0 Å². The molecule has 1 N–H and O–H groups in total. The third kappa shape index (κ3) is 6.42. The molecule has 0 unspecified atom stereocenters. The quantitative estimate of drug-likeness (QED) is 0.508. The minimum absolute atomic E-state index is 0.170. The second-order valence-corrected chi connectivity index (χ2v) is 5.63. The van der Waals surface area contributed by atoms with Gasteiger partial charge in [0, 0.05) is 18.2 Å². The van der Waals surface area contributed by atoms with Gasteiger partial charge in [-0.2, -0.15) is 0 Å². The highest BCUT2D eigenvalue weighted by Gasteiger charge is 2.08. The van der Waals surface area contributed by atoms with Gasteiger partial charge >= 0.3 is 0 Å². The zero-order chi connectivity index (χ0) is 15.0. The van der Waals surface area contributed by atoms with Crippen LogP contribution in [0.5, 0.6) is 0 Å². The lowest BCUT2D eigenvalue weighted by Gasteiger charge is -2.07. The van der Waals surface area contributed by atoms with Crippen LogP contribution in [0.3, 0.4) is 0 Å². The summed E-state index contributed by atoms with van der Waals surface area (Å²) >= 11 is 0. The van der Waals surface area contributed by atoms with Gasteiger partial charge in [0.1, 0.15) is 5.82 Å². The molecule has 0 bridgehead atoms. The van der Waals surface area contributed by atoms with Gasteiger partial charge in [0.05, 0.1) is 0 Å². The number of nitrogens with one attached hydrogen (secondary N) is 1. The summed E-state index contributed by atoms with van der Waals surface area (Å²) in [4.78, 5) is 0. The van der Waals surface area contributed by atoms with E-state index in [1.165, 1.54) is 19.3 Å². The van der Waals surface area contributed by atoms with Crippen molar-refractivity contribution in [2.75, 3.05) is 6.54 Å². The topological polar surface area (TPSA) is 12.0 Å². The maximum atomic E-state index is 13.3. The number of hydrogen-bond acceptors (Lipinski definition) is 1. The SMILES string of the molecule is CC(C)CCCCCCNCc1cc(F)c(F)cc1F. The fourth-order valence-corrected chi connectivity index (χ4v) is 2.08. The van der Waals surface area contributed by atoms with Crippen LogP contribution in [0.2, 0.25) is 0 Å². The summed E-state index contributed by atoms with van der Waals surface area (Å²) < 4.78 is 39.0. The average molecular weight is 287 g/mol. The number of unbranched alkanes of at least 4 members (excludes halogenated alkanes) is 3. The molecule has 0 radical (unpaired) electrons. The summed E-state index contributed by atoms with van der Waals surface area (Å²) in [7, 11) is 0. The number of hydrogen-bond donors (Lipinski definition) is 1. The molecule has 0 aliphatic rings. The van der Waals surface area contributed by atoms with E-state index in [0.29, 0.717) is 6.07 Å². The molecule has 0 amide bonds. The fraction of sp³-hybridized carbons (Fsp3) is 0.625. The standard InChI is InChI=1S/C16H24F3N/c1-12(2)7-5-3-4-6-8-20-11-13-9-15(18)16(19)10-14(13)17/h9-10,12,20H,3-8,11H2,1-2H3. The molecule has 1 aromatic rings. The number of rotatable bonds is 9. The first-order valence-corrected chi connectivity index (χ1v) is 7.35. The maximum Gasteiger partial charge on any atom is 0.161 e. The van der Waals surface area contributed by atoms with E-state index in [0.717, 1.165) is 31.4 Å². The average Bonchev–Trinajstić information content (AvgIpc) is 2.38. The van der Waals surface area contributed by atoms with Crippen molar-refractivity contribution in [3.05, 3.63) is 35.1 Å². The van der Waals surface area contributed by atoms with Gasteiger partial charge in [0.15, 0.2) is 11.6 Å².